The van der Waals surface area contributed by atoms with Crippen molar-refractivity contribution in [1.82, 2.24) is 9.88 Å². The normalized spacial score (nSPS) is 15.9. The lowest BCUT2D eigenvalue weighted by Gasteiger charge is -2.26. The van der Waals surface area contributed by atoms with Crippen molar-refractivity contribution in [3.8, 4) is 0 Å². The number of ether oxygens (including phenoxy) is 1. The largest absolute Gasteiger partial charge is 0.454 e. The van der Waals surface area contributed by atoms with Gasteiger partial charge >= 0.3 is 5.97 Å². The number of rotatable bonds is 6. The molecule has 1 unspecified atom stereocenters. The number of piperidine rings is 1. The molecule has 6 heteroatoms. The van der Waals surface area contributed by atoms with Gasteiger partial charge in [-0.2, -0.15) is 0 Å². The molecule has 1 aromatic heterocycles. The average molecular weight is 459 g/mol. The average Bonchev–Trinajstić information content (AvgIpc) is 3.08. The van der Waals surface area contributed by atoms with Gasteiger partial charge in [-0.1, -0.05) is 41.8 Å². The Morgan fingerprint density at radius 3 is 2.55 bits per heavy atom. The Morgan fingerprint density at radius 2 is 1.84 bits per heavy atom. The fourth-order valence-corrected chi connectivity index (χ4v) is 5.14. The maximum Gasteiger partial charge on any atom is 0.341 e. The lowest BCUT2D eigenvalue weighted by atomic mass is 10.0. The first-order chi connectivity index (χ1) is 14.9. The van der Waals surface area contributed by atoms with E-state index < -0.39 is 6.10 Å². The molecule has 3 aromatic rings. The Morgan fingerprint density at radius 1 is 1.13 bits per heavy atom. The van der Waals surface area contributed by atoms with Gasteiger partial charge in [0.2, 0.25) is 0 Å². The molecular formula is C25H28Cl2N2O2. The number of aryl methyl sites for hydroxylation is 1. The van der Waals surface area contributed by atoms with E-state index in [1.54, 1.807) is 25.1 Å². The summed E-state index contributed by atoms with van der Waals surface area (Å²) in [5.41, 5.74) is 4.16. The Labute approximate surface area is 193 Å². The molecule has 1 N–H and O–H groups in total. The molecule has 0 spiro atoms. The molecule has 1 fully saturated rings. The summed E-state index contributed by atoms with van der Waals surface area (Å²) in [5, 5.41) is 1.88. The number of fused-ring (bicyclic) bond motifs is 1. The van der Waals surface area contributed by atoms with Crippen molar-refractivity contribution in [2.24, 2.45) is 0 Å². The number of likely N-dealkylation sites (tertiary alicyclic amines) is 1. The molecule has 1 atom stereocenters. The highest BCUT2D eigenvalue weighted by Crippen LogP contribution is 2.33. The highest BCUT2D eigenvalue weighted by molar-refractivity contribution is 6.36. The van der Waals surface area contributed by atoms with Gasteiger partial charge in [-0.05, 0) is 76.0 Å². The van der Waals surface area contributed by atoms with E-state index in [1.165, 1.54) is 37.9 Å². The minimum atomic E-state index is -0.555. The predicted octanol–water partition coefficient (Wildman–Crippen LogP) is 6.73. The van der Waals surface area contributed by atoms with Crippen LogP contribution in [0.15, 0.2) is 36.4 Å². The maximum absolute atomic E-state index is 13.1. The molecular weight excluding hydrogens is 431 g/mol. The van der Waals surface area contributed by atoms with Crippen LogP contribution in [0.25, 0.3) is 10.9 Å². The van der Waals surface area contributed by atoms with Crippen LogP contribution >= 0.6 is 23.2 Å². The lowest BCUT2D eigenvalue weighted by molar-refractivity contribution is 0.0340. The summed E-state index contributed by atoms with van der Waals surface area (Å²) in [6.07, 6.45) is 4.34. The summed E-state index contributed by atoms with van der Waals surface area (Å²) < 4.78 is 5.79. The number of aromatic nitrogens is 1. The van der Waals surface area contributed by atoms with Gasteiger partial charge in [-0.25, -0.2) is 4.79 Å². The first-order valence-corrected chi connectivity index (χ1v) is 11.7. The van der Waals surface area contributed by atoms with E-state index in [4.69, 9.17) is 27.9 Å². The number of halogens is 2. The van der Waals surface area contributed by atoms with Gasteiger partial charge in [0.25, 0.3) is 0 Å². The molecule has 0 radical (unpaired) electrons. The number of carbonyl (C=O) groups is 1. The Hall–Kier alpha value is -2.01. The number of hydrogen-bond donors (Lipinski definition) is 1. The van der Waals surface area contributed by atoms with E-state index in [0.29, 0.717) is 21.2 Å². The zero-order chi connectivity index (χ0) is 22.0. The smallest absolute Gasteiger partial charge is 0.341 e. The van der Waals surface area contributed by atoms with Gasteiger partial charge in [0.1, 0.15) is 6.10 Å². The van der Waals surface area contributed by atoms with Gasteiger partial charge < -0.3 is 14.6 Å². The summed E-state index contributed by atoms with van der Waals surface area (Å²) in [5.74, 6) is -0.375. The molecule has 4 rings (SSSR count). The lowest BCUT2D eigenvalue weighted by Crippen LogP contribution is -2.31. The third kappa shape index (κ3) is 4.92. The first-order valence-electron chi connectivity index (χ1n) is 10.9. The van der Waals surface area contributed by atoms with Crippen LogP contribution in [0, 0.1) is 6.92 Å². The van der Waals surface area contributed by atoms with Crippen LogP contribution < -0.4 is 0 Å². The summed E-state index contributed by atoms with van der Waals surface area (Å²) in [6, 6.07) is 11.6. The van der Waals surface area contributed by atoms with Gasteiger partial charge in [-0.3, -0.25) is 0 Å². The molecule has 0 saturated carbocycles. The van der Waals surface area contributed by atoms with E-state index in [-0.39, 0.29) is 5.97 Å². The number of benzene rings is 2. The fourth-order valence-electron chi connectivity index (χ4n) is 4.44. The van der Waals surface area contributed by atoms with Gasteiger partial charge in [-0.15, -0.1) is 0 Å². The van der Waals surface area contributed by atoms with Crippen LogP contribution in [0.3, 0.4) is 0 Å². The molecule has 2 aromatic carbocycles. The quantitative estimate of drug-likeness (QED) is 0.416. The number of nitrogens with zero attached hydrogens (tertiary/aromatic N) is 1. The van der Waals surface area contributed by atoms with Crippen LogP contribution in [-0.2, 0) is 11.2 Å². The van der Waals surface area contributed by atoms with E-state index in [1.807, 2.05) is 6.92 Å². The van der Waals surface area contributed by atoms with E-state index in [9.17, 15) is 4.79 Å². The zero-order valence-corrected chi connectivity index (χ0v) is 19.5. The number of hydrogen-bond acceptors (Lipinski definition) is 3. The summed E-state index contributed by atoms with van der Waals surface area (Å²) >= 11 is 12.6. The number of aromatic amines is 1. The summed E-state index contributed by atoms with van der Waals surface area (Å²) in [6.45, 7) is 7.12. The second-order valence-corrected chi connectivity index (χ2v) is 9.15. The van der Waals surface area contributed by atoms with Gasteiger partial charge in [0.05, 0.1) is 5.56 Å². The van der Waals surface area contributed by atoms with Crippen LogP contribution in [0.2, 0.25) is 10.0 Å². The van der Waals surface area contributed by atoms with Crippen molar-refractivity contribution < 1.29 is 9.53 Å². The minimum absolute atomic E-state index is 0.375. The molecule has 1 aliphatic heterocycles. The second-order valence-electron chi connectivity index (χ2n) is 8.34. The third-order valence-electron chi connectivity index (χ3n) is 6.11. The molecule has 4 nitrogen and oxygen atoms in total. The van der Waals surface area contributed by atoms with Crippen molar-refractivity contribution in [2.45, 2.75) is 45.6 Å². The van der Waals surface area contributed by atoms with E-state index >= 15 is 0 Å². The molecule has 2 heterocycles. The number of nitrogens with one attached hydrogen (secondary N) is 1. The molecule has 0 bridgehead atoms. The number of H-pyrrole nitrogens is 1. The third-order valence-corrected chi connectivity index (χ3v) is 6.77. The Bertz CT molecular complexity index is 1070. The van der Waals surface area contributed by atoms with Crippen LogP contribution in [0.4, 0.5) is 0 Å². The number of esters is 1. The zero-order valence-electron chi connectivity index (χ0n) is 18.0. The van der Waals surface area contributed by atoms with E-state index in [2.05, 4.69) is 28.1 Å². The molecule has 0 amide bonds. The highest BCUT2D eigenvalue weighted by atomic mass is 35.5. The van der Waals surface area contributed by atoms with Crippen molar-refractivity contribution in [3.63, 3.8) is 0 Å². The van der Waals surface area contributed by atoms with Crippen molar-refractivity contribution in [1.29, 1.82) is 0 Å². The van der Waals surface area contributed by atoms with Gasteiger partial charge in [0.15, 0.2) is 0 Å². The Balaban J connectivity index is 1.54. The maximum atomic E-state index is 13.1. The highest BCUT2D eigenvalue weighted by Gasteiger charge is 2.23. The van der Waals surface area contributed by atoms with Crippen LogP contribution in [0.5, 0.6) is 0 Å². The van der Waals surface area contributed by atoms with Crippen LogP contribution in [-0.4, -0.2) is 35.5 Å². The van der Waals surface area contributed by atoms with Crippen molar-refractivity contribution in [3.05, 3.63) is 68.8 Å². The summed E-state index contributed by atoms with van der Waals surface area (Å²) in [4.78, 5) is 19.0. The Kier molecular flexibility index (Phi) is 6.90. The minimum Gasteiger partial charge on any atom is -0.454 e. The van der Waals surface area contributed by atoms with Crippen molar-refractivity contribution >= 4 is 40.1 Å². The molecule has 164 valence electrons. The topological polar surface area (TPSA) is 45.3 Å². The standard InChI is InChI=1S/C25H28Cl2N2O2/c1-16-23(25(30)31-17(2)24-20(26)7-6-8-21(24)27)19-15-18(9-10-22(19)28-16)11-14-29-12-4-3-5-13-29/h6-10,15,17,28H,3-5,11-14H2,1-2H3. The fraction of sp³-hybridized carbons (Fsp3) is 0.400. The molecule has 31 heavy (non-hydrogen) atoms. The molecule has 1 aliphatic rings. The summed E-state index contributed by atoms with van der Waals surface area (Å²) in [7, 11) is 0. The number of carbonyl (C=O) groups excluding carboxylic acids is 1. The predicted molar refractivity (Wildman–Crippen MR) is 127 cm³/mol. The SMILES string of the molecule is Cc1[nH]c2ccc(CCN3CCCCC3)cc2c1C(=O)OC(C)c1c(Cl)cccc1Cl. The molecule has 1 saturated heterocycles. The monoisotopic (exact) mass is 458 g/mol. The van der Waals surface area contributed by atoms with Crippen LogP contribution in [0.1, 0.15) is 59.5 Å². The molecule has 0 aliphatic carbocycles. The van der Waals surface area contributed by atoms with Gasteiger partial charge in [0, 0.05) is 38.8 Å². The van der Waals surface area contributed by atoms with E-state index in [0.717, 1.165) is 29.6 Å². The first kappa shape index (κ1) is 22.2. The second kappa shape index (κ2) is 9.64. The van der Waals surface area contributed by atoms with Crippen molar-refractivity contribution in [2.75, 3.05) is 19.6 Å².